The van der Waals surface area contributed by atoms with E-state index in [0.717, 1.165) is 0 Å². The fraction of sp³-hybridized carbons (Fsp3) is 0.500. The Balaban J connectivity index is 0.000000356. The molecule has 2 aromatic carbocycles. The summed E-state index contributed by atoms with van der Waals surface area (Å²) in [5, 5.41) is 0. The molecule has 0 unspecified atom stereocenters. The highest BCUT2D eigenvalue weighted by Gasteiger charge is 2.24. The Morgan fingerprint density at radius 2 is 0.950 bits per heavy atom. The Bertz CT molecular complexity index is 1270. The second-order valence-corrected chi connectivity index (χ2v) is 12.7. The molecule has 0 saturated carbocycles. The van der Waals surface area contributed by atoms with Crippen LogP contribution in [0.5, 0.6) is 0 Å². The molecule has 0 N–H and O–H groups in total. The molecule has 2 atom stereocenters. The van der Waals surface area contributed by atoms with Crippen LogP contribution in [0.3, 0.4) is 0 Å². The summed E-state index contributed by atoms with van der Waals surface area (Å²) in [6, 6.07) is 14.6. The lowest BCUT2D eigenvalue weighted by Gasteiger charge is -2.19. The number of para-hydroxylation sites is 2. The van der Waals surface area contributed by atoms with Gasteiger partial charge in [0.2, 0.25) is 31.8 Å². The lowest BCUT2D eigenvalue weighted by atomic mass is 10.2. The second kappa shape index (κ2) is 15.6. The van der Waals surface area contributed by atoms with Crippen LogP contribution in [0.1, 0.15) is 52.7 Å². The summed E-state index contributed by atoms with van der Waals surface area (Å²) >= 11 is 0. The first-order valence-corrected chi connectivity index (χ1v) is 17.0. The molecule has 0 radical (unpaired) electrons. The first-order valence-electron chi connectivity index (χ1n) is 13.3. The molecule has 12 heteroatoms. The lowest BCUT2D eigenvalue weighted by molar-refractivity contribution is 0.324. The maximum atomic E-state index is 11.6. The van der Waals surface area contributed by atoms with Crippen LogP contribution in [0.4, 0.5) is 11.4 Å². The number of ether oxygens (including phenoxy) is 2. The third-order valence-electron chi connectivity index (χ3n) is 5.54. The van der Waals surface area contributed by atoms with Crippen LogP contribution in [0.25, 0.3) is 0 Å². The predicted octanol–water partition coefficient (Wildman–Crippen LogP) is 4.55. The Morgan fingerprint density at radius 3 is 1.20 bits per heavy atom. The monoisotopic (exact) mass is 596 g/mol. The summed E-state index contributed by atoms with van der Waals surface area (Å²) < 4.78 is 59.9. The van der Waals surface area contributed by atoms with E-state index in [-0.39, 0.29) is 12.1 Å². The number of anilines is 2. The van der Waals surface area contributed by atoms with Crippen molar-refractivity contribution in [3.8, 4) is 0 Å². The fourth-order valence-electron chi connectivity index (χ4n) is 3.46. The maximum absolute atomic E-state index is 11.6. The molecule has 0 amide bonds. The van der Waals surface area contributed by atoms with Crippen molar-refractivity contribution in [2.75, 3.05) is 48.4 Å². The molecule has 0 bridgehead atoms. The Morgan fingerprint density at radius 1 is 0.650 bits per heavy atom. The molecule has 40 heavy (non-hydrogen) atoms. The zero-order chi connectivity index (χ0) is 30.7. The van der Waals surface area contributed by atoms with Crippen LogP contribution in [-0.2, 0) is 29.5 Å². The van der Waals surface area contributed by atoms with Crippen LogP contribution in [0.15, 0.2) is 58.5 Å². The Hall–Kier alpha value is -3.12. The van der Waals surface area contributed by atoms with Gasteiger partial charge in [-0.05, 0) is 38.1 Å². The van der Waals surface area contributed by atoms with Gasteiger partial charge in [0.05, 0.1) is 47.1 Å². The number of sulfonamides is 2. The van der Waals surface area contributed by atoms with Crippen molar-refractivity contribution in [1.82, 2.24) is 0 Å². The van der Waals surface area contributed by atoms with E-state index in [4.69, 9.17) is 9.47 Å². The van der Waals surface area contributed by atoms with E-state index in [1.165, 1.54) is 35.2 Å². The normalized spacial score (nSPS) is 17.6. The molecule has 0 fully saturated rings. The standard InChI is InChI=1S/2C12H16N2O3S.2C2H6/c2*1-9-8-17-12(13-9)10-6-4-5-7-11(10)14(2)18(3,15)16;2*1-2/h2*4-7,9H,8H2,1-3H3;2*1-2H3/t2*9-;;/m10../s1. The molecule has 2 heterocycles. The minimum atomic E-state index is -3.30. The van der Waals surface area contributed by atoms with E-state index in [1.807, 2.05) is 65.8 Å². The van der Waals surface area contributed by atoms with Gasteiger partial charge in [-0.15, -0.1) is 0 Å². The van der Waals surface area contributed by atoms with Gasteiger partial charge in [0.25, 0.3) is 0 Å². The number of nitrogens with zero attached hydrogens (tertiary/aromatic N) is 4. The summed E-state index contributed by atoms with van der Waals surface area (Å²) in [6.07, 6.45) is 2.34. The summed E-state index contributed by atoms with van der Waals surface area (Å²) in [6.45, 7) is 13.0. The molecule has 2 aliphatic heterocycles. The highest BCUT2D eigenvalue weighted by molar-refractivity contribution is 7.92. The van der Waals surface area contributed by atoms with E-state index in [9.17, 15) is 16.8 Å². The fourth-order valence-corrected chi connectivity index (χ4v) is 4.49. The van der Waals surface area contributed by atoms with Crippen LogP contribution in [0, 0.1) is 0 Å². The minimum absolute atomic E-state index is 0.108. The number of hydrogen-bond donors (Lipinski definition) is 0. The molecule has 4 rings (SSSR count). The SMILES string of the molecule is CC.CC.C[C@@H]1COC(c2ccccc2N(C)S(C)(=O)=O)=N1.C[C@H]1COC(c2ccccc2N(C)S(C)(=O)=O)=N1. The van der Waals surface area contributed by atoms with Crippen molar-refractivity contribution in [1.29, 1.82) is 0 Å². The molecule has 0 aliphatic carbocycles. The quantitative estimate of drug-likeness (QED) is 0.483. The smallest absolute Gasteiger partial charge is 0.232 e. The van der Waals surface area contributed by atoms with Gasteiger partial charge in [-0.3, -0.25) is 8.61 Å². The first-order chi connectivity index (χ1) is 18.8. The van der Waals surface area contributed by atoms with E-state index in [1.54, 1.807) is 24.3 Å². The maximum Gasteiger partial charge on any atom is 0.232 e. The van der Waals surface area contributed by atoms with Crippen LogP contribution >= 0.6 is 0 Å². The zero-order valence-corrected chi connectivity index (χ0v) is 26.9. The van der Waals surface area contributed by atoms with Crippen LogP contribution in [0.2, 0.25) is 0 Å². The van der Waals surface area contributed by atoms with E-state index >= 15 is 0 Å². The van der Waals surface area contributed by atoms with Gasteiger partial charge in [-0.2, -0.15) is 0 Å². The molecular weight excluding hydrogens is 552 g/mol. The average Bonchev–Trinajstić information content (AvgIpc) is 3.57. The van der Waals surface area contributed by atoms with Crippen molar-refractivity contribution in [2.24, 2.45) is 9.98 Å². The molecule has 224 valence electrons. The second-order valence-electron chi connectivity index (χ2n) is 8.68. The van der Waals surface area contributed by atoms with Gasteiger partial charge < -0.3 is 9.47 Å². The van der Waals surface area contributed by atoms with Crippen LogP contribution < -0.4 is 8.61 Å². The highest BCUT2D eigenvalue weighted by Crippen LogP contribution is 2.26. The predicted molar refractivity (Wildman–Crippen MR) is 166 cm³/mol. The molecule has 2 aliphatic rings. The third-order valence-corrected chi connectivity index (χ3v) is 7.92. The Kier molecular flexibility index (Phi) is 13.6. The van der Waals surface area contributed by atoms with E-state index in [0.29, 0.717) is 47.5 Å². The molecule has 10 nitrogen and oxygen atoms in total. The van der Waals surface area contributed by atoms with Gasteiger partial charge in [0.15, 0.2) is 0 Å². The first kappa shape index (κ1) is 34.9. The van der Waals surface area contributed by atoms with E-state index < -0.39 is 20.0 Å². The van der Waals surface area contributed by atoms with Gasteiger partial charge in [-0.1, -0.05) is 52.0 Å². The molecule has 0 saturated heterocycles. The molecular formula is C28H44N4O6S2. The van der Waals surface area contributed by atoms with Gasteiger partial charge in [-0.25, -0.2) is 26.8 Å². The zero-order valence-electron chi connectivity index (χ0n) is 25.2. The van der Waals surface area contributed by atoms with Gasteiger partial charge >= 0.3 is 0 Å². The molecule has 2 aromatic rings. The number of rotatable bonds is 6. The number of benzene rings is 2. The van der Waals surface area contributed by atoms with Crippen molar-refractivity contribution in [3.63, 3.8) is 0 Å². The summed E-state index contributed by atoms with van der Waals surface area (Å²) in [4.78, 5) is 8.71. The summed E-state index contributed by atoms with van der Waals surface area (Å²) in [5.74, 6) is 1.02. The minimum Gasteiger partial charge on any atom is -0.475 e. The van der Waals surface area contributed by atoms with Crippen molar-refractivity contribution in [2.45, 2.75) is 53.6 Å². The van der Waals surface area contributed by atoms with Gasteiger partial charge in [0.1, 0.15) is 13.2 Å². The number of aliphatic imine (C=N–C) groups is 2. The molecule has 0 spiro atoms. The Labute approximate surface area is 240 Å². The topological polar surface area (TPSA) is 118 Å². The average molecular weight is 597 g/mol. The van der Waals surface area contributed by atoms with Crippen molar-refractivity contribution < 1.29 is 26.3 Å². The summed E-state index contributed by atoms with van der Waals surface area (Å²) in [7, 11) is -3.56. The number of hydrogen-bond acceptors (Lipinski definition) is 8. The summed E-state index contributed by atoms with van der Waals surface area (Å²) in [5.41, 5.74) is 2.56. The largest absolute Gasteiger partial charge is 0.475 e. The lowest BCUT2D eigenvalue weighted by Crippen LogP contribution is -2.26. The van der Waals surface area contributed by atoms with Crippen LogP contribution in [-0.4, -0.2) is 80.5 Å². The highest BCUT2D eigenvalue weighted by atomic mass is 32.2. The van der Waals surface area contributed by atoms with Crippen molar-refractivity contribution in [3.05, 3.63) is 59.7 Å². The molecule has 0 aromatic heterocycles. The van der Waals surface area contributed by atoms with E-state index in [2.05, 4.69) is 9.98 Å². The van der Waals surface area contributed by atoms with Gasteiger partial charge in [0, 0.05) is 14.1 Å². The third kappa shape index (κ3) is 9.51. The van der Waals surface area contributed by atoms with Crippen molar-refractivity contribution >= 4 is 43.2 Å².